The molecule has 0 bridgehead atoms. The highest BCUT2D eigenvalue weighted by atomic mass is 16.5. The third-order valence-electron chi connectivity index (χ3n) is 5.02. The number of hydrogen-bond donors (Lipinski definition) is 1. The van der Waals surface area contributed by atoms with Crippen molar-refractivity contribution in [2.75, 3.05) is 34.5 Å². The SMILES string of the molecule is COCCCNC(=O)c1cc(-c2ccc(OC)cc2OC)nn1-c1ccc(C)cc1C. The lowest BCUT2D eigenvalue weighted by Gasteiger charge is -2.11. The van der Waals surface area contributed by atoms with Crippen LogP contribution in [0.3, 0.4) is 0 Å². The molecule has 0 aliphatic rings. The van der Waals surface area contributed by atoms with Gasteiger partial charge in [0, 0.05) is 31.9 Å². The van der Waals surface area contributed by atoms with Gasteiger partial charge in [0.1, 0.15) is 17.2 Å². The van der Waals surface area contributed by atoms with E-state index in [4.69, 9.17) is 19.3 Å². The van der Waals surface area contributed by atoms with Gasteiger partial charge in [0.05, 0.1) is 25.6 Å². The molecule has 0 saturated carbocycles. The van der Waals surface area contributed by atoms with E-state index in [2.05, 4.69) is 11.4 Å². The summed E-state index contributed by atoms with van der Waals surface area (Å²) < 4.78 is 17.6. The summed E-state index contributed by atoms with van der Waals surface area (Å²) in [5, 5.41) is 7.74. The van der Waals surface area contributed by atoms with Crippen LogP contribution < -0.4 is 14.8 Å². The molecular formula is C24H29N3O4. The van der Waals surface area contributed by atoms with Crippen molar-refractivity contribution in [3.8, 4) is 28.4 Å². The van der Waals surface area contributed by atoms with Crippen molar-refractivity contribution >= 4 is 5.91 Å². The van der Waals surface area contributed by atoms with Crippen LogP contribution >= 0.6 is 0 Å². The van der Waals surface area contributed by atoms with Crippen molar-refractivity contribution < 1.29 is 19.0 Å². The number of amides is 1. The van der Waals surface area contributed by atoms with Crippen LogP contribution in [-0.2, 0) is 4.74 Å². The van der Waals surface area contributed by atoms with Gasteiger partial charge in [0.15, 0.2) is 0 Å². The minimum absolute atomic E-state index is 0.192. The molecule has 1 N–H and O–H groups in total. The number of ether oxygens (including phenoxy) is 3. The Morgan fingerprint density at radius 3 is 2.52 bits per heavy atom. The molecule has 0 radical (unpaired) electrons. The summed E-state index contributed by atoms with van der Waals surface area (Å²) in [6.07, 6.45) is 0.735. The van der Waals surface area contributed by atoms with Crippen LogP contribution in [0.15, 0.2) is 42.5 Å². The number of aryl methyl sites for hydroxylation is 2. The number of nitrogens with one attached hydrogen (secondary N) is 1. The average Bonchev–Trinajstić information content (AvgIpc) is 3.21. The van der Waals surface area contributed by atoms with Gasteiger partial charge in [0.25, 0.3) is 5.91 Å². The van der Waals surface area contributed by atoms with Crippen molar-refractivity contribution in [1.82, 2.24) is 15.1 Å². The van der Waals surface area contributed by atoms with E-state index in [1.807, 2.05) is 38.1 Å². The number of methoxy groups -OCH3 is 3. The van der Waals surface area contributed by atoms with Crippen LogP contribution in [0, 0.1) is 13.8 Å². The van der Waals surface area contributed by atoms with Crippen molar-refractivity contribution in [2.24, 2.45) is 0 Å². The molecule has 1 amide bonds. The van der Waals surface area contributed by atoms with Gasteiger partial charge in [-0.25, -0.2) is 4.68 Å². The van der Waals surface area contributed by atoms with Gasteiger partial charge >= 0.3 is 0 Å². The summed E-state index contributed by atoms with van der Waals surface area (Å²) in [6.45, 7) is 5.16. The molecule has 7 nitrogen and oxygen atoms in total. The average molecular weight is 424 g/mol. The number of carbonyl (C=O) groups is 1. The Labute approximate surface area is 182 Å². The van der Waals surface area contributed by atoms with E-state index >= 15 is 0 Å². The van der Waals surface area contributed by atoms with Crippen molar-refractivity contribution in [3.05, 3.63) is 59.3 Å². The van der Waals surface area contributed by atoms with Gasteiger partial charge in [-0.2, -0.15) is 5.10 Å². The lowest BCUT2D eigenvalue weighted by molar-refractivity contribution is 0.0941. The van der Waals surface area contributed by atoms with Gasteiger partial charge < -0.3 is 19.5 Å². The summed E-state index contributed by atoms with van der Waals surface area (Å²) in [5.41, 5.74) is 4.91. The van der Waals surface area contributed by atoms with E-state index in [0.29, 0.717) is 36.0 Å². The summed E-state index contributed by atoms with van der Waals surface area (Å²) in [5.74, 6) is 1.12. The first-order valence-corrected chi connectivity index (χ1v) is 10.2. The molecule has 0 aliphatic carbocycles. The molecular weight excluding hydrogens is 394 g/mol. The number of rotatable bonds is 9. The van der Waals surface area contributed by atoms with Crippen molar-refractivity contribution in [1.29, 1.82) is 0 Å². The van der Waals surface area contributed by atoms with E-state index in [1.54, 1.807) is 38.1 Å². The Hall–Kier alpha value is -3.32. The van der Waals surface area contributed by atoms with Crippen molar-refractivity contribution in [2.45, 2.75) is 20.3 Å². The summed E-state index contributed by atoms with van der Waals surface area (Å²) >= 11 is 0. The van der Waals surface area contributed by atoms with E-state index in [0.717, 1.165) is 28.8 Å². The molecule has 1 aromatic heterocycles. The first-order valence-electron chi connectivity index (χ1n) is 10.2. The molecule has 0 aliphatic heterocycles. The van der Waals surface area contributed by atoms with Gasteiger partial charge in [-0.15, -0.1) is 0 Å². The topological polar surface area (TPSA) is 74.6 Å². The highest BCUT2D eigenvalue weighted by molar-refractivity contribution is 5.94. The van der Waals surface area contributed by atoms with E-state index < -0.39 is 0 Å². The van der Waals surface area contributed by atoms with Gasteiger partial charge in [-0.3, -0.25) is 4.79 Å². The predicted octanol–water partition coefficient (Wildman–Crippen LogP) is 3.94. The molecule has 2 aromatic carbocycles. The monoisotopic (exact) mass is 423 g/mol. The highest BCUT2D eigenvalue weighted by Crippen LogP contribution is 2.33. The molecule has 1 heterocycles. The number of nitrogens with zero attached hydrogens (tertiary/aromatic N) is 2. The molecule has 3 rings (SSSR count). The maximum Gasteiger partial charge on any atom is 0.270 e. The first-order chi connectivity index (χ1) is 15.0. The molecule has 0 saturated heterocycles. The molecule has 0 unspecified atom stereocenters. The lowest BCUT2D eigenvalue weighted by Crippen LogP contribution is -2.27. The van der Waals surface area contributed by atoms with Gasteiger partial charge in [-0.05, 0) is 50.1 Å². The minimum Gasteiger partial charge on any atom is -0.497 e. The van der Waals surface area contributed by atoms with Gasteiger partial charge in [0.2, 0.25) is 0 Å². The normalized spacial score (nSPS) is 10.7. The quantitative estimate of drug-likeness (QED) is 0.528. The third kappa shape index (κ3) is 5.06. The van der Waals surface area contributed by atoms with Crippen LogP contribution in [0.2, 0.25) is 0 Å². The molecule has 0 fully saturated rings. The van der Waals surface area contributed by atoms with E-state index in [-0.39, 0.29) is 5.91 Å². The van der Waals surface area contributed by atoms with Crippen LogP contribution in [0.1, 0.15) is 28.0 Å². The predicted molar refractivity (Wildman–Crippen MR) is 120 cm³/mol. The summed E-state index contributed by atoms with van der Waals surface area (Å²) in [6, 6.07) is 13.4. The number of benzene rings is 2. The molecule has 164 valence electrons. The second-order valence-electron chi connectivity index (χ2n) is 7.29. The van der Waals surface area contributed by atoms with Crippen LogP contribution in [0.25, 0.3) is 16.9 Å². The second kappa shape index (κ2) is 10.1. The molecule has 0 atom stereocenters. The zero-order valence-corrected chi connectivity index (χ0v) is 18.7. The zero-order chi connectivity index (χ0) is 22.4. The Morgan fingerprint density at radius 2 is 1.84 bits per heavy atom. The fourth-order valence-electron chi connectivity index (χ4n) is 3.42. The number of hydrogen-bond acceptors (Lipinski definition) is 5. The number of aromatic nitrogens is 2. The largest absolute Gasteiger partial charge is 0.497 e. The standard InChI is InChI=1S/C24H29N3O4/c1-16-7-10-21(17(2)13-16)27-22(24(28)25-11-6-12-29-3)15-20(26-27)19-9-8-18(30-4)14-23(19)31-5/h7-10,13-15H,6,11-12H2,1-5H3,(H,25,28). The molecule has 3 aromatic rings. The third-order valence-corrected chi connectivity index (χ3v) is 5.02. The Kier molecular flexibility index (Phi) is 7.31. The summed E-state index contributed by atoms with van der Waals surface area (Å²) in [7, 11) is 4.85. The minimum atomic E-state index is -0.192. The van der Waals surface area contributed by atoms with Gasteiger partial charge in [-0.1, -0.05) is 17.7 Å². The fraction of sp³-hybridized carbons (Fsp3) is 0.333. The van der Waals surface area contributed by atoms with E-state index in [1.165, 1.54) is 0 Å². The Morgan fingerprint density at radius 1 is 1.03 bits per heavy atom. The maximum absolute atomic E-state index is 13.0. The first kappa shape index (κ1) is 22.4. The second-order valence-corrected chi connectivity index (χ2v) is 7.29. The molecule has 7 heteroatoms. The van der Waals surface area contributed by atoms with Crippen LogP contribution in [-0.4, -0.2) is 50.2 Å². The highest BCUT2D eigenvalue weighted by Gasteiger charge is 2.20. The Balaban J connectivity index is 2.07. The maximum atomic E-state index is 13.0. The number of carbonyl (C=O) groups excluding carboxylic acids is 1. The van der Waals surface area contributed by atoms with Crippen molar-refractivity contribution in [3.63, 3.8) is 0 Å². The molecule has 0 spiro atoms. The molecule has 31 heavy (non-hydrogen) atoms. The lowest BCUT2D eigenvalue weighted by atomic mass is 10.1. The van der Waals surface area contributed by atoms with Crippen LogP contribution in [0.5, 0.6) is 11.5 Å². The van der Waals surface area contributed by atoms with Crippen LogP contribution in [0.4, 0.5) is 0 Å². The van der Waals surface area contributed by atoms with E-state index in [9.17, 15) is 4.79 Å². The Bertz CT molecular complexity index is 1060. The zero-order valence-electron chi connectivity index (χ0n) is 18.7. The fourth-order valence-corrected chi connectivity index (χ4v) is 3.42. The summed E-state index contributed by atoms with van der Waals surface area (Å²) in [4.78, 5) is 13.0. The smallest absolute Gasteiger partial charge is 0.270 e.